The molecule has 6 heteroatoms. The second-order valence-corrected chi connectivity index (χ2v) is 7.37. The number of hydrogen-bond acceptors (Lipinski definition) is 5. The van der Waals surface area contributed by atoms with E-state index in [4.69, 9.17) is 0 Å². The first-order chi connectivity index (χ1) is 8.93. The highest BCUT2D eigenvalue weighted by Crippen LogP contribution is 2.18. The average molecular weight is 292 g/mol. The van der Waals surface area contributed by atoms with Crippen molar-refractivity contribution < 1.29 is 13.5 Å². The minimum atomic E-state index is -3.05. The van der Waals surface area contributed by atoms with E-state index in [0.717, 1.165) is 39.1 Å². The summed E-state index contributed by atoms with van der Waals surface area (Å²) in [7, 11) is -3.05. The minimum Gasteiger partial charge on any atom is -0.390 e. The van der Waals surface area contributed by atoms with E-state index in [-0.39, 0.29) is 17.5 Å². The molecule has 1 N–H and O–H groups in total. The van der Waals surface area contributed by atoms with Gasteiger partial charge in [0.05, 0.1) is 23.7 Å². The predicted octanol–water partition coefficient (Wildman–Crippen LogP) is 0.198. The lowest BCUT2D eigenvalue weighted by atomic mass is 10.1. The van der Waals surface area contributed by atoms with Gasteiger partial charge in [-0.15, -0.1) is 0 Å². The van der Waals surface area contributed by atoms with Crippen molar-refractivity contribution in [2.24, 2.45) is 0 Å². The van der Waals surface area contributed by atoms with Gasteiger partial charge in [0.2, 0.25) is 0 Å². The van der Waals surface area contributed by atoms with Crippen LogP contribution in [0.2, 0.25) is 0 Å². The van der Waals surface area contributed by atoms with Crippen molar-refractivity contribution in [2.75, 3.05) is 44.2 Å². The number of aliphatic hydroxyl groups excluding tert-OH is 1. The van der Waals surface area contributed by atoms with Crippen LogP contribution in [0.1, 0.15) is 27.2 Å². The maximum Gasteiger partial charge on any atom is 0.154 e. The Morgan fingerprint density at radius 1 is 1.05 bits per heavy atom. The molecule has 114 valence electrons. The van der Waals surface area contributed by atoms with E-state index in [2.05, 4.69) is 23.6 Å². The SMILES string of the molecule is CCN(CC)CCCN(CC)C1CS(=O)(=O)CC1O. The molecule has 0 aromatic carbocycles. The van der Waals surface area contributed by atoms with Crippen LogP contribution in [0, 0.1) is 0 Å². The standard InChI is InChI=1S/C13H28N2O3S/c1-4-14(5-2)8-7-9-15(6-3)12-10-19(17,18)11-13(12)16/h12-13,16H,4-11H2,1-3H3. The van der Waals surface area contributed by atoms with Crippen LogP contribution in [0.15, 0.2) is 0 Å². The van der Waals surface area contributed by atoms with Crippen molar-refractivity contribution in [2.45, 2.75) is 39.3 Å². The molecule has 0 amide bonds. The average Bonchev–Trinajstić information content (AvgIpc) is 2.63. The summed E-state index contributed by atoms with van der Waals surface area (Å²) in [6.07, 6.45) is 0.289. The normalized spacial score (nSPS) is 26.4. The lowest BCUT2D eigenvalue weighted by molar-refractivity contribution is 0.0834. The Balaban J connectivity index is 2.46. The van der Waals surface area contributed by atoms with Crippen LogP contribution < -0.4 is 0 Å². The van der Waals surface area contributed by atoms with E-state index < -0.39 is 15.9 Å². The zero-order valence-corrected chi connectivity index (χ0v) is 13.2. The maximum absolute atomic E-state index is 11.6. The lowest BCUT2D eigenvalue weighted by Crippen LogP contribution is -2.44. The molecule has 1 fully saturated rings. The van der Waals surface area contributed by atoms with Crippen molar-refractivity contribution in [3.63, 3.8) is 0 Å². The summed E-state index contributed by atoms with van der Waals surface area (Å²) in [6.45, 7) is 11.1. The first kappa shape index (κ1) is 16.9. The molecule has 19 heavy (non-hydrogen) atoms. The third kappa shape index (κ3) is 5.02. The van der Waals surface area contributed by atoms with Crippen molar-refractivity contribution in [1.29, 1.82) is 0 Å². The molecule has 1 aliphatic rings. The fraction of sp³-hybridized carbons (Fsp3) is 1.00. The van der Waals surface area contributed by atoms with E-state index in [0.29, 0.717) is 0 Å². The van der Waals surface area contributed by atoms with Crippen LogP contribution in [0.25, 0.3) is 0 Å². The highest BCUT2D eigenvalue weighted by atomic mass is 32.2. The van der Waals surface area contributed by atoms with E-state index in [1.807, 2.05) is 6.92 Å². The van der Waals surface area contributed by atoms with E-state index >= 15 is 0 Å². The fourth-order valence-electron chi connectivity index (χ4n) is 2.75. The summed E-state index contributed by atoms with van der Waals surface area (Å²) in [6, 6.07) is -0.216. The molecule has 0 bridgehead atoms. The summed E-state index contributed by atoms with van der Waals surface area (Å²) in [5, 5.41) is 9.90. The van der Waals surface area contributed by atoms with Gasteiger partial charge in [-0.25, -0.2) is 8.42 Å². The van der Waals surface area contributed by atoms with Crippen molar-refractivity contribution in [3.05, 3.63) is 0 Å². The van der Waals surface area contributed by atoms with Crippen LogP contribution in [-0.2, 0) is 9.84 Å². The molecular weight excluding hydrogens is 264 g/mol. The Morgan fingerprint density at radius 3 is 2.11 bits per heavy atom. The molecule has 1 aliphatic heterocycles. The molecule has 0 aliphatic carbocycles. The van der Waals surface area contributed by atoms with Gasteiger partial charge in [0.1, 0.15) is 0 Å². The Kier molecular flexibility index (Phi) is 6.73. The van der Waals surface area contributed by atoms with Gasteiger partial charge in [0, 0.05) is 0 Å². The van der Waals surface area contributed by atoms with E-state index in [1.54, 1.807) is 0 Å². The number of sulfone groups is 1. The molecule has 5 nitrogen and oxygen atoms in total. The minimum absolute atomic E-state index is 0.0792. The molecule has 0 aromatic rings. The molecule has 1 saturated heterocycles. The monoisotopic (exact) mass is 292 g/mol. The molecule has 1 heterocycles. The van der Waals surface area contributed by atoms with Gasteiger partial charge in [0.15, 0.2) is 9.84 Å². The summed E-state index contributed by atoms with van der Waals surface area (Å²) in [4.78, 5) is 4.47. The van der Waals surface area contributed by atoms with Crippen LogP contribution >= 0.6 is 0 Å². The smallest absolute Gasteiger partial charge is 0.154 e. The summed E-state index contributed by atoms with van der Waals surface area (Å²) >= 11 is 0. The van der Waals surface area contributed by atoms with Crippen molar-refractivity contribution in [3.8, 4) is 0 Å². The van der Waals surface area contributed by atoms with Crippen LogP contribution in [0.4, 0.5) is 0 Å². The molecule has 0 aromatic heterocycles. The third-order valence-corrected chi connectivity index (χ3v) is 5.68. The van der Waals surface area contributed by atoms with Gasteiger partial charge in [-0.05, 0) is 39.1 Å². The van der Waals surface area contributed by atoms with Gasteiger partial charge in [0.25, 0.3) is 0 Å². The number of hydrogen-bond donors (Lipinski definition) is 1. The maximum atomic E-state index is 11.6. The van der Waals surface area contributed by atoms with Gasteiger partial charge < -0.3 is 10.0 Å². The topological polar surface area (TPSA) is 60.9 Å². The Hall–Kier alpha value is -0.170. The van der Waals surface area contributed by atoms with Gasteiger partial charge in [-0.1, -0.05) is 20.8 Å². The Labute approximate surface area is 117 Å². The molecule has 1 rings (SSSR count). The summed E-state index contributed by atoms with van der Waals surface area (Å²) in [5.41, 5.74) is 0. The van der Waals surface area contributed by atoms with Gasteiger partial charge in [-0.3, -0.25) is 4.90 Å². The molecule has 2 unspecified atom stereocenters. The number of aliphatic hydroxyl groups is 1. The Morgan fingerprint density at radius 2 is 1.68 bits per heavy atom. The summed E-state index contributed by atoms with van der Waals surface area (Å²) < 4.78 is 23.1. The number of likely N-dealkylation sites (N-methyl/N-ethyl adjacent to an activating group) is 1. The highest BCUT2D eigenvalue weighted by Gasteiger charge is 2.39. The van der Waals surface area contributed by atoms with Gasteiger partial charge >= 0.3 is 0 Å². The lowest BCUT2D eigenvalue weighted by Gasteiger charge is -2.29. The van der Waals surface area contributed by atoms with Gasteiger partial charge in [-0.2, -0.15) is 0 Å². The Bertz CT molecular complexity index is 355. The quantitative estimate of drug-likeness (QED) is 0.692. The summed E-state index contributed by atoms with van der Waals surface area (Å²) in [5.74, 6) is 0.0253. The van der Waals surface area contributed by atoms with Crippen molar-refractivity contribution in [1.82, 2.24) is 9.80 Å². The predicted molar refractivity (Wildman–Crippen MR) is 78.1 cm³/mol. The third-order valence-electron chi connectivity index (χ3n) is 3.98. The molecular formula is C13H28N2O3S. The molecule has 0 radical (unpaired) electrons. The van der Waals surface area contributed by atoms with Crippen LogP contribution in [0.5, 0.6) is 0 Å². The first-order valence-electron chi connectivity index (χ1n) is 7.28. The highest BCUT2D eigenvalue weighted by molar-refractivity contribution is 7.91. The number of rotatable bonds is 8. The fourth-order valence-corrected chi connectivity index (χ4v) is 4.59. The van der Waals surface area contributed by atoms with Crippen LogP contribution in [-0.4, -0.2) is 79.7 Å². The second-order valence-electron chi connectivity index (χ2n) is 5.22. The number of nitrogens with zero attached hydrogens (tertiary/aromatic N) is 2. The second kappa shape index (κ2) is 7.57. The zero-order valence-electron chi connectivity index (χ0n) is 12.4. The van der Waals surface area contributed by atoms with E-state index in [1.165, 1.54) is 0 Å². The molecule has 2 atom stereocenters. The largest absolute Gasteiger partial charge is 0.390 e. The zero-order chi connectivity index (χ0) is 14.5. The van der Waals surface area contributed by atoms with Crippen molar-refractivity contribution >= 4 is 9.84 Å². The molecule has 0 saturated carbocycles. The molecule has 0 spiro atoms. The van der Waals surface area contributed by atoms with E-state index in [9.17, 15) is 13.5 Å². The van der Waals surface area contributed by atoms with Crippen LogP contribution in [0.3, 0.4) is 0 Å². The first-order valence-corrected chi connectivity index (χ1v) is 9.10.